The number of ether oxygens (including phenoxy) is 1. The van der Waals surface area contributed by atoms with E-state index in [4.69, 9.17) is 4.42 Å². The highest BCUT2D eigenvalue weighted by Gasteiger charge is 2.27. The molecule has 1 fully saturated rings. The first-order chi connectivity index (χ1) is 9.70. The van der Waals surface area contributed by atoms with Crippen molar-refractivity contribution in [1.82, 2.24) is 4.90 Å². The Morgan fingerprint density at radius 2 is 2.50 bits per heavy atom. The predicted molar refractivity (Wildman–Crippen MR) is 74.1 cm³/mol. The number of esters is 1. The number of likely N-dealkylation sites (tertiary alicyclic amines) is 1. The maximum Gasteiger partial charge on any atom is 0.305 e. The molecule has 0 amide bonds. The highest BCUT2D eigenvalue weighted by Crippen LogP contribution is 2.27. The first-order valence-corrected chi connectivity index (χ1v) is 7.23. The van der Waals surface area contributed by atoms with Gasteiger partial charge in [-0.15, -0.1) is 0 Å². The average Bonchev–Trinajstić information content (AvgIpc) is 3.10. The number of hydrogen-bond acceptors (Lipinski definition) is 5. The lowest BCUT2D eigenvalue weighted by atomic mass is 10.0. The molecule has 1 N–H and O–H groups in total. The maximum atomic E-state index is 11.1. The third-order valence-corrected chi connectivity index (χ3v) is 3.92. The molecule has 0 aliphatic carbocycles. The average molecular weight is 281 g/mol. The summed E-state index contributed by atoms with van der Waals surface area (Å²) >= 11 is 0. The van der Waals surface area contributed by atoms with Gasteiger partial charge in [0.1, 0.15) is 11.9 Å². The number of hydrogen-bond donors (Lipinski definition) is 1. The minimum atomic E-state index is -0.545. The Bertz CT molecular complexity index is 404. The van der Waals surface area contributed by atoms with E-state index in [0.717, 1.165) is 32.4 Å². The molecule has 0 spiro atoms. The van der Waals surface area contributed by atoms with E-state index in [1.54, 1.807) is 18.4 Å². The van der Waals surface area contributed by atoms with E-state index in [1.165, 1.54) is 7.11 Å². The summed E-state index contributed by atoms with van der Waals surface area (Å²) in [7, 11) is 1.42. The van der Waals surface area contributed by atoms with E-state index in [1.807, 2.05) is 0 Å². The Kier molecular flexibility index (Phi) is 5.61. The topological polar surface area (TPSA) is 62.9 Å². The molecule has 2 rings (SSSR count). The van der Waals surface area contributed by atoms with Crippen LogP contribution in [0.25, 0.3) is 0 Å². The van der Waals surface area contributed by atoms with Crippen LogP contribution < -0.4 is 0 Å². The van der Waals surface area contributed by atoms with E-state index < -0.39 is 6.10 Å². The molecule has 2 heterocycles. The van der Waals surface area contributed by atoms with Crippen LogP contribution in [0.4, 0.5) is 0 Å². The molecule has 1 saturated heterocycles. The highest BCUT2D eigenvalue weighted by molar-refractivity contribution is 5.69. The monoisotopic (exact) mass is 281 g/mol. The fourth-order valence-electron chi connectivity index (χ4n) is 2.84. The molecular formula is C15H23NO4. The lowest BCUT2D eigenvalue weighted by Gasteiger charge is -2.25. The number of furan rings is 1. The van der Waals surface area contributed by atoms with Crippen molar-refractivity contribution in [2.75, 3.05) is 20.2 Å². The molecule has 0 radical (unpaired) electrons. The second-order valence-electron chi connectivity index (χ2n) is 5.28. The largest absolute Gasteiger partial charge is 0.469 e. The summed E-state index contributed by atoms with van der Waals surface area (Å²) in [5.41, 5.74) is 0. The van der Waals surface area contributed by atoms with Crippen LogP contribution in [-0.4, -0.2) is 42.2 Å². The summed E-state index contributed by atoms with van der Waals surface area (Å²) in [5.74, 6) is 0.475. The first-order valence-electron chi connectivity index (χ1n) is 7.23. The number of aliphatic hydroxyl groups excluding tert-OH is 1. The van der Waals surface area contributed by atoms with Crippen molar-refractivity contribution >= 4 is 5.97 Å². The molecule has 1 aliphatic rings. The lowest BCUT2D eigenvalue weighted by molar-refractivity contribution is -0.140. The van der Waals surface area contributed by atoms with Gasteiger partial charge in [-0.3, -0.25) is 4.79 Å². The Balaban J connectivity index is 1.77. The number of nitrogens with zero attached hydrogens (tertiary/aromatic N) is 1. The van der Waals surface area contributed by atoms with Gasteiger partial charge in [-0.2, -0.15) is 0 Å². The van der Waals surface area contributed by atoms with E-state index >= 15 is 0 Å². The van der Waals surface area contributed by atoms with Gasteiger partial charge in [0, 0.05) is 12.5 Å². The van der Waals surface area contributed by atoms with Gasteiger partial charge >= 0.3 is 5.97 Å². The van der Waals surface area contributed by atoms with Crippen molar-refractivity contribution in [3.63, 3.8) is 0 Å². The van der Waals surface area contributed by atoms with Crippen LogP contribution in [0.2, 0.25) is 0 Å². The van der Waals surface area contributed by atoms with Crippen molar-refractivity contribution in [1.29, 1.82) is 0 Å². The maximum absolute atomic E-state index is 11.1. The van der Waals surface area contributed by atoms with Crippen molar-refractivity contribution in [3.8, 4) is 0 Å². The fraction of sp³-hybridized carbons (Fsp3) is 0.667. The Morgan fingerprint density at radius 1 is 1.65 bits per heavy atom. The molecule has 5 heteroatoms. The molecule has 5 nitrogen and oxygen atoms in total. The third-order valence-electron chi connectivity index (χ3n) is 3.92. The van der Waals surface area contributed by atoms with E-state index in [9.17, 15) is 9.90 Å². The number of carbonyl (C=O) groups excluding carboxylic acids is 1. The lowest BCUT2D eigenvalue weighted by Crippen LogP contribution is -2.32. The van der Waals surface area contributed by atoms with Gasteiger partial charge in [-0.05, 0) is 50.9 Å². The quantitative estimate of drug-likeness (QED) is 0.776. The van der Waals surface area contributed by atoms with Crippen LogP contribution in [-0.2, 0) is 9.53 Å². The molecule has 2 unspecified atom stereocenters. The first kappa shape index (κ1) is 15.1. The van der Waals surface area contributed by atoms with Gasteiger partial charge in [0.25, 0.3) is 0 Å². The van der Waals surface area contributed by atoms with Gasteiger partial charge in [-0.1, -0.05) is 0 Å². The van der Waals surface area contributed by atoms with Crippen LogP contribution in [0, 0.1) is 0 Å². The Hall–Kier alpha value is -1.33. The van der Waals surface area contributed by atoms with Crippen molar-refractivity contribution in [2.45, 2.75) is 44.2 Å². The smallest absolute Gasteiger partial charge is 0.305 e. The van der Waals surface area contributed by atoms with Gasteiger partial charge in [0.2, 0.25) is 0 Å². The van der Waals surface area contributed by atoms with Crippen LogP contribution in [0.1, 0.15) is 44.0 Å². The van der Waals surface area contributed by atoms with Crippen LogP contribution in [0.5, 0.6) is 0 Å². The zero-order valence-electron chi connectivity index (χ0n) is 12.0. The summed E-state index contributed by atoms with van der Waals surface area (Å²) in [6.45, 7) is 1.92. The van der Waals surface area contributed by atoms with Crippen molar-refractivity contribution in [2.24, 2.45) is 0 Å². The standard InChI is InChI=1S/C15H23NO4/c1-19-15(18)7-3-9-16-8-2-5-12(16)11-13(17)14-6-4-10-20-14/h4,6,10,12-13,17H,2-3,5,7-9,11H2,1H3. The molecule has 112 valence electrons. The molecular weight excluding hydrogens is 258 g/mol. The Labute approximate surface area is 119 Å². The molecule has 20 heavy (non-hydrogen) atoms. The van der Waals surface area contributed by atoms with Gasteiger partial charge in [0.15, 0.2) is 0 Å². The zero-order valence-corrected chi connectivity index (χ0v) is 12.0. The number of rotatable bonds is 7. The second kappa shape index (κ2) is 7.45. The molecule has 1 aliphatic heterocycles. The molecule has 0 bridgehead atoms. The minimum absolute atomic E-state index is 0.156. The van der Waals surface area contributed by atoms with Crippen LogP contribution in [0.15, 0.2) is 22.8 Å². The van der Waals surface area contributed by atoms with Crippen LogP contribution >= 0.6 is 0 Å². The van der Waals surface area contributed by atoms with Gasteiger partial charge in [0.05, 0.1) is 13.4 Å². The minimum Gasteiger partial charge on any atom is -0.469 e. The highest BCUT2D eigenvalue weighted by atomic mass is 16.5. The zero-order chi connectivity index (χ0) is 14.4. The van der Waals surface area contributed by atoms with E-state index in [2.05, 4.69) is 9.64 Å². The molecule has 0 aromatic carbocycles. The second-order valence-corrected chi connectivity index (χ2v) is 5.28. The van der Waals surface area contributed by atoms with Crippen molar-refractivity contribution in [3.05, 3.63) is 24.2 Å². The summed E-state index contributed by atoms with van der Waals surface area (Å²) in [6, 6.07) is 3.97. The fourth-order valence-corrected chi connectivity index (χ4v) is 2.84. The molecule has 1 aromatic heterocycles. The number of methoxy groups -OCH3 is 1. The number of carbonyl (C=O) groups is 1. The van der Waals surface area contributed by atoms with Gasteiger partial charge in [-0.25, -0.2) is 0 Å². The van der Waals surface area contributed by atoms with Crippen molar-refractivity contribution < 1.29 is 19.1 Å². The summed E-state index contributed by atoms with van der Waals surface area (Å²) < 4.78 is 9.88. The predicted octanol–water partition coefficient (Wildman–Crippen LogP) is 2.12. The SMILES string of the molecule is COC(=O)CCCN1CCCC1CC(O)c1ccco1. The Morgan fingerprint density at radius 3 is 3.20 bits per heavy atom. The number of aliphatic hydroxyl groups is 1. The summed E-state index contributed by atoms with van der Waals surface area (Å²) in [4.78, 5) is 13.5. The van der Waals surface area contributed by atoms with E-state index in [-0.39, 0.29) is 5.97 Å². The van der Waals surface area contributed by atoms with Crippen LogP contribution in [0.3, 0.4) is 0 Å². The molecule has 2 atom stereocenters. The molecule has 0 saturated carbocycles. The van der Waals surface area contributed by atoms with Gasteiger partial charge < -0.3 is 19.2 Å². The normalized spacial score (nSPS) is 21.0. The summed E-state index contributed by atoms with van der Waals surface area (Å²) in [6.07, 6.45) is 5.23. The third kappa shape index (κ3) is 4.08. The molecule has 1 aromatic rings. The van der Waals surface area contributed by atoms with E-state index in [0.29, 0.717) is 24.6 Å². The summed E-state index contributed by atoms with van der Waals surface area (Å²) in [5, 5.41) is 10.1.